The minimum absolute atomic E-state index is 0. The summed E-state index contributed by atoms with van der Waals surface area (Å²) in [5.74, 6) is -1.34. The molecule has 74 valence electrons. The van der Waals surface area contributed by atoms with Crippen LogP contribution in [0.1, 0.15) is 19.3 Å². The number of hydrogen-bond acceptors (Lipinski definition) is 5. The Morgan fingerprint density at radius 3 is 2.47 bits per heavy atom. The smallest absolute Gasteiger partial charge is 0.737 e. The van der Waals surface area contributed by atoms with Gasteiger partial charge in [0.15, 0.2) is 0 Å². The summed E-state index contributed by atoms with van der Waals surface area (Å²) in [6.07, 6.45) is 1.70. The van der Waals surface area contributed by atoms with E-state index >= 15 is 0 Å². The van der Waals surface area contributed by atoms with Crippen LogP contribution in [0.5, 0.6) is 0 Å². The minimum atomic E-state index is -1.34. The maximum Gasteiger partial charge on any atom is 1.00 e. The third-order valence-electron chi connectivity index (χ3n) is 2.04. The zero-order valence-electron chi connectivity index (χ0n) is 8.88. The van der Waals surface area contributed by atoms with Gasteiger partial charge in [0.25, 0.3) is 0 Å². The number of hydrazine groups is 1. The first-order valence-electron chi connectivity index (χ1n) is 3.94. The maximum absolute atomic E-state index is 10.8. The van der Waals surface area contributed by atoms with Crippen molar-refractivity contribution in [3.05, 3.63) is 10.4 Å². The van der Waals surface area contributed by atoms with Crippen LogP contribution < -0.4 is 64.2 Å². The minimum Gasteiger partial charge on any atom is -0.737 e. The number of carbonyl (C=O) groups excluding carboxylic acids is 1. The second-order valence-corrected chi connectivity index (χ2v) is 2.83. The van der Waals surface area contributed by atoms with Crippen LogP contribution in [0.25, 0.3) is 0 Å². The van der Waals surface area contributed by atoms with Crippen molar-refractivity contribution in [2.75, 3.05) is 6.54 Å². The number of hydrogen-bond donors (Lipinski definition) is 0. The predicted octanol–water partition coefficient (Wildman–Crippen LogP) is -7.03. The summed E-state index contributed by atoms with van der Waals surface area (Å²) in [5.41, 5.74) is 0. The molecule has 0 aromatic carbocycles. The largest absolute Gasteiger partial charge is 1.00 e. The van der Waals surface area contributed by atoms with E-state index in [1.54, 1.807) is 0 Å². The standard InChI is InChI=1S/C6H11N3O4.2Na/c10-6(11)5-3-1-2-4-8(5)9(13)7-12;;/h5,12H,1-4H2,(H,10,11);;/q;2*+1/p-2/b9-7-;;. The average Bonchev–Trinajstić information content (AvgIpc) is 2.16. The predicted molar refractivity (Wildman–Crippen MR) is 38.8 cm³/mol. The Morgan fingerprint density at radius 2 is 2.00 bits per heavy atom. The molecule has 0 spiro atoms. The van der Waals surface area contributed by atoms with Gasteiger partial charge in [-0.15, -0.1) is 5.01 Å². The molecular weight excluding hydrogens is 224 g/mol. The van der Waals surface area contributed by atoms with Crippen molar-refractivity contribution in [1.29, 1.82) is 0 Å². The average molecular weight is 233 g/mol. The maximum atomic E-state index is 10.8. The number of rotatable bonds is 2. The summed E-state index contributed by atoms with van der Waals surface area (Å²) in [6, 6.07) is -1.02. The number of carbonyl (C=O) groups is 1. The van der Waals surface area contributed by atoms with Crippen molar-refractivity contribution < 1.29 is 74.0 Å². The Morgan fingerprint density at radius 1 is 1.40 bits per heavy atom. The number of carboxylic acid groups (broad SMARTS) is 1. The number of piperidine rings is 1. The molecule has 0 aliphatic carbocycles. The van der Waals surface area contributed by atoms with Crippen molar-refractivity contribution in [2.24, 2.45) is 5.28 Å². The van der Waals surface area contributed by atoms with E-state index in [-0.39, 0.29) is 70.6 Å². The molecule has 1 atom stereocenters. The summed E-state index contributed by atoms with van der Waals surface area (Å²) >= 11 is 0. The van der Waals surface area contributed by atoms with E-state index in [0.717, 1.165) is 5.01 Å². The Labute approximate surface area is 131 Å². The van der Waals surface area contributed by atoms with Crippen LogP contribution in [0.15, 0.2) is 5.28 Å². The van der Waals surface area contributed by atoms with Gasteiger partial charge in [-0.05, 0) is 24.5 Å². The molecule has 0 N–H and O–H groups in total. The van der Waals surface area contributed by atoms with E-state index in [4.69, 9.17) is 0 Å². The topological polar surface area (TPSA) is 105 Å². The third-order valence-corrected chi connectivity index (χ3v) is 2.04. The summed E-state index contributed by atoms with van der Waals surface area (Å²) in [4.78, 5) is 10.3. The summed E-state index contributed by atoms with van der Waals surface area (Å²) in [7, 11) is 0. The van der Waals surface area contributed by atoms with Gasteiger partial charge in [0.1, 0.15) is 6.04 Å². The first kappa shape index (κ1) is 17.9. The molecule has 1 aliphatic rings. The normalized spacial score (nSPS) is 21.2. The second-order valence-electron chi connectivity index (χ2n) is 2.83. The van der Waals surface area contributed by atoms with Crippen molar-refractivity contribution in [3.8, 4) is 0 Å². The monoisotopic (exact) mass is 233 g/mol. The summed E-state index contributed by atoms with van der Waals surface area (Å²) in [6.45, 7) is 0.230. The van der Waals surface area contributed by atoms with Crippen LogP contribution in [0.3, 0.4) is 0 Å². The van der Waals surface area contributed by atoms with Gasteiger partial charge in [0.05, 0.1) is 12.5 Å². The molecular formula is C6H9N3Na2O4. The van der Waals surface area contributed by atoms with E-state index < -0.39 is 12.0 Å². The first-order chi connectivity index (χ1) is 6.16. The molecule has 1 saturated heterocycles. The zero-order chi connectivity index (χ0) is 9.84. The van der Waals surface area contributed by atoms with E-state index in [1.165, 1.54) is 0 Å². The van der Waals surface area contributed by atoms with Crippen LogP contribution in [0.4, 0.5) is 0 Å². The molecule has 1 unspecified atom stereocenters. The van der Waals surface area contributed by atoms with E-state index in [1.807, 2.05) is 0 Å². The van der Waals surface area contributed by atoms with Gasteiger partial charge in [-0.2, -0.15) is 0 Å². The molecule has 0 amide bonds. The molecule has 1 rings (SSSR count). The second kappa shape index (κ2) is 8.60. The molecule has 1 heterocycles. The molecule has 0 aromatic heterocycles. The first-order valence-corrected chi connectivity index (χ1v) is 3.94. The van der Waals surface area contributed by atoms with Crippen LogP contribution in [0.2, 0.25) is 0 Å². The van der Waals surface area contributed by atoms with Crippen molar-refractivity contribution in [3.63, 3.8) is 0 Å². The molecule has 0 aromatic rings. The fourth-order valence-electron chi connectivity index (χ4n) is 1.41. The van der Waals surface area contributed by atoms with Gasteiger partial charge in [-0.25, -0.2) is 0 Å². The van der Waals surface area contributed by atoms with Crippen molar-refractivity contribution >= 4 is 5.97 Å². The summed E-state index contributed by atoms with van der Waals surface area (Å²) < 4.78 is 0. The zero-order valence-corrected chi connectivity index (χ0v) is 12.9. The third kappa shape index (κ3) is 4.88. The van der Waals surface area contributed by atoms with Crippen LogP contribution in [0, 0.1) is 10.4 Å². The number of nitrogens with zero attached hydrogens (tertiary/aromatic N) is 3. The number of aliphatic carboxylic acids is 1. The van der Waals surface area contributed by atoms with Crippen molar-refractivity contribution in [1.82, 2.24) is 5.01 Å². The van der Waals surface area contributed by atoms with Crippen LogP contribution in [-0.4, -0.2) is 28.5 Å². The van der Waals surface area contributed by atoms with Gasteiger partial charge in [-0.3, -0.25) is 0 Å². The quantitative estimate of drug-likeness (QED) is 0.204. The van der Waals surface area contributed by atoms with E-state index in [9.17, 15) is 20.3 Å². The molecule has 0 bridgehead atoms. The van der Waals surface area contributed by atoms with Crippen molar-refractivity contribution in [2.45, 2.75) is 25.3 Å². The van der Waals surface area contributed by atoms with Crippen LogP contribution in [-0.2, 0) is 4.79 Å². The fraction of sp³-hybridized carbons (Fsp3) is 0.833. The Balaban J connectivity index is 0. The Bertz CT molecular complexity index is 238. The number of carboxylic acids is 1. The van der Waals surface area contributed by atoms with Gasteiger partial charge in [-0.1, -0.05) is 0 Å². The van der Waals surface area contributed by atoms with Gasteiger partial charge < -0.3 is 20.3 Å². The Kier molecular flexibility index (Phi) is 10.2. The molecule has 0 radical (unpaired) electrons. The molecule has 15 heavy (non-hydrogen) atoms. The van der Waals surface area contributed by atoms with Gasteiger partial charge in [0, 0.05) is 4.97 Å². The molecule has 9 heteroatoms. The fourth-order valence-corrected chi connectivity index (χ4v) is 1.41. The Hall–Kier alpha value is 0.470. The molecule has 1 fully saturated rings. The SMILES string of the molecule is O=C([O-])C1CCCCN1/[N+]([O-])=N/[O-].[Na+].[Na+]. The molecule has 1 aliphatic heterocycles. The van der Waals surface area contributed by atoms with Gasteiger partial charge in [0.2, 0.25) is 0 Å². The summed E-state index contributed by atoms with van der Waals surface area (Å²) in [5, 5.41) is 34.1. The van der Waals surface area contributed by atoms with Gasteiger partial charge >= 0.3 is 59.1 Å². The van der Waals surface area contributed by atoms with E-state index in [2.05, 4.69) is 5.28 Å². The van der Waals surface area contributed by atoms with E-state index in [0.29, 0.717) is 19.3 Å². The molecule has 7 nitrogen and oxygen atoms in total. The van der Waals surface area contributed by atoms with Crippen LogP contribution >= 0.6 is 0 Å². The molecule has 0 saturated carbocycles.